The molecule has 4 nitrogen and oxygen atoms in total. The van der Waals surface area contributed by atoms with Gasteiger partial charge in [-0.05, 0) is 17.7 Å². The van der Waals surface area contributed by atoms with Crippen molar-refractivity contribution in [1.82, 2.24) is 5.01 Å². The largest absolute Gasteiger partial charge is 0.398 e. The van der Waals surface area contributed by atoms with Gasteiger partial charge in [0.05, 0.1) is 5.56 Å². The quantitative estimate of drug-likeness (QED) is 0.346. The van der Waals surface area contributed by atoms with Crippen molar-refractivity contribution in [2.45, 2.75) is 13.8 Å². The molecule has 0 spiro atoms. The van der Waals surface area contributed by atoms with Crippen molar-refractivity contribution in [2.75, 3.05) is 12.8 Å². The van der Waals surface area contributed by atoms with Crippen LogP contribution in [0.3, 0.4) is 0 Å². The molecule has 4 heteroatoms. The van der Waals surface area contributed by atoms with Crippen LogP contribution in [0.1, 0.15) is 29.8 Å². The van der Waals surface area contributed by atoms with E-state index in [0.29, 0.717) is 11.3 Å². The van der Waals surface area contributed by atoms with Crippen molar-refractivity contribution in [2.24, 2.45) is 5.84 Å². The number of hydrogen-bond acceptors (Lipinski definition) is 3. The van der Waals surface area contributed by atoms with Gasteiger partial charge >= 0.3 is 0 Å². The Kier molecular flexibility index (Phi) is 5.88. The third kappa shape index (κ3) is 3.40. The number of nitrogen functional groups attached to an aromatic ring is 1. The number of rotatable bonds is 2. The highest BCUT2D eigenvalue weighted by molar-refractivity contribution is 5.99. The van der Waals surface area contributed by atoms with E-state index in [-0.39, 0.29) is 5.91 Å². The molecule has 0 saturated heterocycles. The van der Waals surface area contributed by atoms with Gasteiger partial charge in [0, 0.05) is 12.7 Å². The average molecular weight is 221 g/mol. The molecule has 4 N–H and O–H groups in total. The highest BCUT2D eigenvalue weighted by Crippen LogP contribution is 2.15. The summed E-state index contributed by atoms with van der Waals surface area (Å²) >= 11 is 0. The SMILES string of the molecule is C=Cc1ccc(C(=O)N(C)N)c(N)c1.CC. The molecule has 0 aliphatic heterocycles. The molecule has 1 aromatic carbocycles. The van der Waals surface area contributed by atoms with Crippen molar-refractivity contribution < 1.29 is 4.79 Å². The second kappa shape index (κ2) is 6.63. The zero-order chi connectivity index (χ0) is 12.7. The van der Waals surface area contributed by atoms with Crippen LogP contribution >= 0.6 is 0 Å². The second-order valence-electron chi connectivity index (χ2n) is 2.97. The predicted octanol–water partition coefficient (Wildman–Crippen LogP) is 1.88. The molecule has 1 amide bonds. The Balaban J connectivity index is 0.00000106. The number of carbonyl (C=O) groups is 1. The standard InChI is InChI=1S/C10H13N3O.C2H6/c1-3-7-4-5-8(9(11)6-7)10(14)13(2)12;1-2/h3-6H,1,11-12H2,2H3;1-2H3. The van der Waals surface area contributed by atoms with E-state index in [1.807, 2.05) is 13.8 Å². The first-order valence-electron chi connectivity index (χ1n) is 5.11. The molecular weight excluding hydrogens is 202 g/mol. The highest BCUT2D eigenvalue weighted by atomic mass is 16.2. The molecule has 0 aliphatic rings. The molecule has 0 atom stereocenters. The van der Waals surface area contributed by atoms with E-state index in [1.165, 1.54) is 7.05 Å². The number of nitrogens with two attached hydrogens (primary N) is 2. The zero-order valence-corrected chi connectivity index (χ0v) is 10.0. The highest BCUT2D eigenvalue weighted by Gasteiger charge is 2.11. The van der Waals surface area contributed by atoms with Crippen LogP contribution in [-0.4, -0.2) is 18.0 Å². The fraction of sp³-hybridized carbons (Fsp3) is 0.250. The zero-order valence-electron chi connectivity index (χ0n) is 10.0. The van der Waals surface area contributed by atoms with Gasteiger partial charge < -0.3 is 5.73 Å². The first-order valence-corrected chi connectivity index (χ1v) is 5.11. The van der Waals surface area contributed by atoms with Crippen LogP contribution in [0, 0.1) is 0 Å². The summed E-state index contributed by atoms with van der Waals surface area (Å²) in [4.78, 5) is 11.5. The molecule has 1 aromatic rings. The molecule has 0 radical (unpaired) electrons. The molecule has 88 valence electrons. The minimum atomic E-state index is -0.307. The van der Waals surface area contributed by atoms with Gasteiger partial charge in [0.15, 0.2) is 0 Å². The van der Waals surface area contributed by atoms with E-state index < -0.39 is 0 Å². The fourth-order valence-electron chi connectivity index (χ4n) is 1.09. The van der Waals surface area contributed by atoms with Gasteiger partial charge in [-0.2, -0.15) is 0 Å². The lowest BCUT2D eigenvalue weighted by atomic mass is 10.1. The number of benzene rings is 1. The molecular formula is C12H19N3O. The lowest BCUT2D eigenvalue weighted by Gasteiger charge is -2.11. The van der Waals surface area contributed by atoms with Crippen molar-refractivity contribution in [3.63, 3.8) is 0 Å². The predicted molar refractivity (Wildman–Crippen MR) is 68.6 cm³/mol. The lowest BCUT2D eigenvalue weighted by molar-refractivity contribution is 0.0796. The maximum absolute atomic E-state index is 11.5. The summed E-state index contributed by atoms with van der Waals surface area (Å²) in [5, 5.41) is 0.999. The normalized spacial score (nSPS) is 8.75. The van der Waals surface area contributed by atoms with Gasteiger partial charge in [0.1, 0.15) is 0 Å². The van der Waals surface area contributed by atoms with E-state index >= 15 is 0 Å². The first-order chi connectivity index (χ1) is 7.56. The number of hydrogen-bond donors (Lipinski definition) is 2. The molecule has 1 rings (SSSR count). The topological polar surface area (TPSA) is 72.3 Å². The third-order valence-electron chi connectivity index (χ3n) is 1.86. The van der Waals surface area contributed by atoms with Crippen LogP contribution < -0.4 is 11.6 Å². The Bertz CT molecular complexity index is 373. The molecule has 0 aromatic heterocycles. The number of amides is 1. The summed E-state index contributed by atoms with van der Waals surface area (Å²) in [5.74, 6) is 5.01. The molecule has 0 bridgehead atoms. The van der Waals surface area contributed by atoms with Crippen molar-refractivity contribution in [1.29, 1.82) is 0 Å². The Morgan fingerprint density at radius 2 is 2.00 bits per heavy atom. The summed E-state index contributed by atoms with van der Waals surface area (Å²) in [7, 11) is 1.48. The van der Waals surface area contributed by atoms with E-state index in [2.05, 4.69) is 6.58 Å². The summed E-state index contributed by atoms with van der Waals surface area (Å²) < 4.78 is 0. The van der Waals surface area contributed by atoms with Crippen molar-refractivity contribution >= 4 is 17.7 Å². The van der Waals surface area contributed by atoms with Crippen LogP contribution in [0.5, 0.6) is 0 Å². The molecule has 0 aliphatic carbocycles. The van der Waals surface area contributed by atoms with Gasteiger partial charge in [0.25, 0.3) is 5.91 Å². The Labute approximate surface area is 96.5 Å². The summed E-state index contributed by atoms with van der Waals surface area (Å²) in [5.41, 5.74) is 7.37. The molecule has 0 saturated carbocycles. The molecule has 0 unspecified atom stereocenters. The Hall–Kier alpha value is -1.81. The summed E-state index contributed by atoms with van der Waals surface area (Å²) in [6.45, 7) is 7.61. The Morgan fingerprint density at radius 3 is 2.38 bits per heavy atom. The van der Waals surface area contributed by atoms with Gasteiger partial charge in [-0.1, -0.05) is 32.6 Å². The molecule has 0 fully saturated rings. The van der Waals surface area contributed by atoms with Gasteiger partial charge in [0.2, 0.25) is 0 Å². The number of anilines is 1. The average Bonchev–Trinajstić information content (AvgIpc) is 2.30. The fourth-order valence-corrected chi connectivity index (χ4v) is 1.09. The third-order valence-corrected chi connectivity index (χ3v) is 1.86. The minimum absolute atomic E-state index is 0.307. The van der Waals surface area contributed by atoms with Crippen LogP contribution in [0.2, 0.25) is 0 Å². The summed E-state index contributed by atoms with van der Waals surface area (Å²) in [6, 6.07) is 5.09. The van der Waals surface area contributed by atoms with E-state index in [1.54, 1.807) is 24.3 Å². The Morgan fingerprint density at radius 1 is 1.44 bits per heavy atom. The lowest BCUT2D eigenvalue weighted by Crippen LogP contribution is -2.33. The van der Waals surface area contributed by atoms with Crippen molar-refractivity contribution in [3.8, 4) is 0 Å². The van der Waals surface area contributed by atoms with Crippen LogP contribution in [-0.2, 0) is 0 Å². The van der Waals surface area contributed by atoms with Crippen molar-refractivity contribution in [3.05, 3.63) is 35.9 Å². The molecule has 16 heavy (non-hydrogen) atoms. The first kappa shape index (κ1) is 14.2. The molecule has 0 heterocycles. The van der Waals surface area contributed by atoms with Gasteiger partial charge in [-0.25, -0.2) is 5.84 Å². The number of carbonyl (C=O) groups excluding carboxylic acids is 1. The van der Waals surface area contributed by atoms with E-state index in [9.17, 15) is 4.79 Å². The van der Waals surface area contributed by atoms with Crippen LogP contribution in [0.4, 0.5) is 5.69 Å². The maximum atomic E-state index is 11.5. The van der Waals surface area contributed by atoms with E-state index in [4.69, 9.17) is 11.6 Å². The maximum Gasteiger partial charge on any atom is 0.269 e. The van der Waals surface area contributed by atoms with Gasteiger partial charge in [-0.3, -0.25) is 9.80 Å². The number of nitrogens with zero attached hydrogens (tertiary/aromatic N) is 1. The van der Waals surface area contributed by atoms with E-state index in [0.717, 1.165) is 10.6 Å². The van der Waals surface area contributed by atoms with Gasteiger partial charge in [-0.15, -0.1) is 0 Å². The minimum Gasteiger partial charge on any atom is -0.398 e. The van der Waals surface area contributed by atoms with Crippen LogP contribution in [0.25, 0.3) is 6.08 Å². The monoisotopic (exact) mass is 221 g/mol. The second-order valence-corrected chi connectivity index (χ2v) is 2.97. The number of hydrazine groups is 1. The van der Waals surface area contributed by atoms with Crippen LogP contribution in [0.15, 0.2) is 24.8 Å². The smallest absolute Gasteiger partial charge is 0.269 e. The summed E-state index contributed by atoms with van der Waals surface area (Å²) in [6.07, 6.45) is 1.66.